The van der Waals surface area contributed by atoms with Gasteiger partial charge in [-0.15, -0.1) is 0 Å². The molecule has 1 aliphatic carbocycles. The van der Waals surface area contributed by atoms with Gasteiger partial charge in [-0.3, -0.25) is 0 Å². The smallest absolute Gasteiger partial charge is 0.327 e. The first kappa shape index (κ1) is 15.5. The van der Waals surface area contributed by atoms with Crippen molar-refractivity contribution >= 4 is 23.8 Å². The molecule has 20 heavy (non-hydrogen) atoms. The zero-order valence-corrected chi connectivity index (χ0v) is 12.9. The Hall–Kier alpha value is -0.910. The minimum Gasteiger partial charge on any atom is -0.480 e. The number of carboxylic acid groups (broad SMARTS) is 1. The quantitative estimate of drug-likeness (QED) is 0.795. The summed E-state index contributed by atoms with van der Waals surface area (Å²) >= 11 is 1.61. The highest BCUT2D eigenvalue weighted by Gasteiger charge is 2.35. The van der Waals surface area contributed by atoms with Crippen LogP contribution in [0.1, 0.15) is 38.5 Å². The SMILES string of the molecule is CN(C(=O)N1CCSCC1C(=O)O)C1CCCCCC1. The third-order valence-electron chi connectivity index (χ3n) is 4.33. The number of hydrogen-bond acceptors (Lipinski definition) is 3. The summed E-state index contributed by atoms with van der Waals surface area (Å²) in [7, 11) is 1.83. The molecule has 114 valence electrons. The fraction of sp³-hybridized carbons (Fsp3) is 0.857. The zero-order chi connectivity index (χ0) is 14.5. The van der Waals surface area contributed by atoms with Crippen LogP contribution in [0.15, 0.2) is 0 Å². The molecule has 0 bridgehead atoms. The standard InChI is InChI=1S/C14H24N2O3S/c1-15(11-6-4-2-3-5-7-11)14(19)16-8-9-20-10-12(16)13(17)18/h11-12H,2-10H2,1H3,(H,17,18). The first-order valence-electron chi connectivity index (χ1n) is 7.45. The van der Waals surface area contributed by atoms with Crippen LogP contribution in [0, 0.1) is 0 Å². The van der Waals surface area contributed by atoms with E-state index in [1.807, 2.05) is 7.05 Å². The van der Waals surface area contributed by atoms with Crippen molar-refractivity contribution in [2.45, 2.75) is 50.6 Å². The molecule has 0 radical (unpaired) electrons. The van der Waals surface area contributed by atoms with Gasteiger partial charge < -0.3 is 14.9 Å². The lowest BCUT2D eigenvalue weighted by Crippen LogP contribution is -2.55. The molecular weight excluding hydrogens is 276 g/mol. The van der Waals surface area contributed by atoms with Crippen LogP contribution in [0.5, 0.6) is 0 Å². The number of urea groups is 1. The zero-order valence-electron chi connectivity index (χ0n) is 12.1. The average molecular weight is 300 g/mol. The van der Waals surface area contributed by atoms with Crippen molar-refractivity contribution in [1.82, 2.24) is 9.80 Å². The minimum absolute atomic E-state index is 0.107. The Morgan fingerprint density at radius 2 is 1.85 bits per heavy atom. The third-order valence-corrected chi connectivity index (χ3v) is 5.36. The highest BCUT2D eigenvalue weighted by molar-refractivity contribution is 7.99. The molecule has 1 saturated carbocycles. The van der Waals surface area contributed by atoms with Gasteiger partial charge in [0.15, 0.2) is 0 Å². The van der Waals surface area contributed by atoms with Crippen LogP contribution in [0.4, 0.5) is 4.79 Å². The molecule has 0 aromatic carbocycles. The molecule has 0 aromatic heterocycles. The van der Waals surface area contributed by atoms with Gasteiger partial charge in [0.2, 0.25) is 0 Å². The van der Waals surface area contributed by atoms with E-state index in [0.717, 1.165) is 18.6 Å². The lowest BCUT2D eigenvalue weighted by Gasteiger charge is -2.38. The third kappa shape index (κ3) is 3.59. The Morgan fingerprint density at radius 1 is 1.20 bits per heavy atom. The normalized spacial score (nSPS) is 25.1. The van der Waals surface area contributed by atoms with Gasteiger partial charge >= 0.3 is 12.0 Å². The largest absolute Gasteiger partial charge is 0.480 e. The van der Waals surface area contributed by atoms with Crippen LogP contribution in [-0.2, 0) is 4.79 Å². The van der Waals surface area contributed by atoms with Gasteiger partial charge in [-0.05, 0) is 12.8 Å². The fourth-order valence-electron chi connectivity index (χ4n) is 3.04. The first-order chi connectivity index (χ1) is 9.61. The van der Waals surface area contributed by atoms with Crippen LogP contribution < -0.4 is 0 Å². The molecule has 1 saturated heterocycles. The second-order valence-electron chi connectivity index (χ2n) is 5.66. The van der Waals surface area contributed by atoms with E-state index in [4.69, 9.17) is 0 Å². The van der Waals surface area contributed by atoms with Crippen molar-refractivity contribution in [3.8, 4) is 0 Å². The summed E-state index contributed by atoms with van der Waals surface area (Å²) in [5.41, 5.74) is 0. The van der Waals surface area contributed by atoms with Crippen molar-refractivity contribution < 1.29 is 14.7 Å². The highest BCUT2D eigenvalue weighted by Crippen LogP contribution is 2.24. The van der Waals surface area contributed by atoms with Crippen LogP contribution in [0.25, 0.3) is 0 Å². The van der Waals surface area contributed by atoms with Gasteiger partial charge in [0.05, 0.1) is 0 Å². The van der Waals surface area contributed by atoms with Crippen LogP contribution >= 0.6 is 11.8 Å². The lowest BCUT2D eigenvalue weighted by molar-refractivity contribution is -0.141. The van der Waals surface area contributed by atoms with E-state index in [2.05, 4.69) is 0 Å². The molecule has 0 aromatic rings. The molecule has 6 heteroatoms. The van der Waals surface area contributed by atoms with Crippen molar-refractivity contribution in [3.05, 3.63) is 0 Å². The first-order valence-corrected chi connectivity index (χ1v) is 8.60. The summed E-state index contributed by atoms with van der Waals surface area (Å²) in [6, 6.07) is -0.506. The monoisotopic (exact) mass is 300 g/mol. The number of carbonyl (C=O) groups is 2. The van der Waals surface area contributed by atoms with E-state index < -0.39 is 12.0 Å². The van der Waals surface area contributed by atoms with E-state index in [1.165, 1.54) is 25.7 Å². The van der Waals surface area contributed by atoms with Gasteiger partial charge in [-0.25, -0.2) is 9.59 Å². The maximum absolute atomic E-state index is 12.6. The van der Waals surface area contributed by atoms with Gasteiger partial charge in [-0.2, -0.15) is 11.8 Å². The van der Waals surface area contributed by atoms with E-state index in [1.54, 1.807) is 21.6 Å². The second-order valence-corrected chi connectivity index (χ2v) is 6.81. The van der Waals surface area contributed by atoms with E-state index in [-0.39, 0.29) is 12.1 Å². The van der Waals surface area contributed by atoms with Crippen molar-refractivity contribution in [3.63, 3.8) is 0 Å². The summed E-state index contributed by atoms with van der Waals surface area (Å²) < 4.78 is 0. The molecule has 1 aliphatic heterocycles. The lowest BCUT2D eigenvalue weighted by atomic mass is 10.1. The predicted molar refractivity (Wildman–Crippen MR) is 80.1 cm³/mol. The Kier molecular flexibility index (Phi) is 5.57. The van der Waals surface area contributed by atoms with E-state index in [9.17, 15) is 14.7 Å². The molecule has 2 fully saturated rings. The number of carbonyl (C=O) groups excluding carboxylic acids is 1. The fourth-order valence-corrected chi connectivity index (χ4v) is 4.08. The number of hydrogen-bond donors (Lipinski definition) is 1. The molecule has 5 nitrogen and oxygen atoms in total. The summed E-state index contributed by atoms with van der Waals surface area (Å²) in [4.78, 5) is 27.2. The van der Waals surface area contributed by atoms with Crippen molar-refractivity contribution in [2.75, 3.05) is 25.1 Å². The highest BCUT2D eigenvalue weighted by atomic mass is 32.2. The van der Waals surface area contributed by atoms with Gasteiger partial charge in [0.25, 0.3) is 0 Å². The van der Waals surface area contributed by atoms with Crippen molar-refractivity contribution in [1.29, 1.82) is 0 Å². The second kappa shape index (κ2) is 7.20. The van der Waals surface area contributed by atoms with Gasteiger partial charge in [-0.1, -0.05) is 25.7 Å². The number of carboxylic acids is 1. The maximum Gasteiger partial charge on any atom is 0.327 e. The number of thioether (sulfide) groups is 1. The number of nitrogens with zero attached hydrogens (tertiary/aromatic N) is 2. The average Bonchev–Trinajstić information content (AvgIpc) is 2.74. The molecule has 2 amide bonds. The van der Waals surface area contributed by atoms with Gasteiger partial charge in [0, 0.05) is 31.1 Å². The molecule has 2 aliphatic rings. The van der Waals surface area contributed by atoms with Crippen LogP contribution in [-0.4, -0.2) is 64.1 Å². The Morgan fingerprint density at radius 3 is 2.45 bits per heavy atom. The maximum atomic E-state index is 12.6. The molecule has 0 spiro atoms. The Balaban J connectivity index is 2.01. The number of rotatable bonds is 2. The predicted octanol–water partition coefficient (Wildman–Crippen LogP) is 2.26. The number of amides is 2. The Bertz CT molecular complexity index is 356. The summed E-state index contributed by atoms with van der Waals surface area (Å²) in [5, 5.41) is 9.27. The Labute approximate surface area is 124 Å². The van der Waals surface area contributed by atoms with Crippen LogP contribution in [0.2, 0.25) is 0 Å². The summed E-state index contributed by atoms with van der Waals surface area (Å²) in [6.45, 7) is 0.539. The van der Waals surface area contributed by atoms with E-state index >= 15 is 0 Å². The molecule has 1 unspecified atom stereocenters. The molecule has 1 heterocycles. The van der Waals surface area contributed by atoms with Crippen LogP contribution in [0.3, 0.4) is 0 Å². The topological polar surface area (TPSA) is 60.9 Å². The molecule has 2 rings (SSSR count). The summed E-state index contributed by atoms with van der Waals surface area (Å²) in [5.74, 6) is 0.438. The molecule has 1 N–H and O–H groups in total. The van der Waals surface area contributed by atoms with Crippen molar-refractivity contribution in [2.24, 2.45) is 0 Å². The van der Waals surface area contributed by atoms with E-state index in [0.29, 0.717) is 12.3 Å². The summed E-state index contributed by atoms with van der Waals surface area (Å²) in [6.07, 6.45) is 6.92. The molecule has 1 atom stereocenters. The molecular formula is C14H24N2O3S. The number of aliphatic carboxylic acids is 1. The van der Waals surface area contributed by atoms with Gasteiger partial charge in [0.1, 0.15) is 6.04 Å². The minimum atomic E-state index is -0.889.